The number of carbonyl (C=O) groups excluding carboxylic acids is 1. The summed E-state index contributed by atoms with van der Waals surface area (Å²) < 4.78 is 0. The molecule has 1 aliphatic heterocycles. The number of hydrogen-bond donors (Lipinski definition) is 1. The van der Waals surface area contributed by atoms with Crippen molar-refractivity contribution in [3.05, 3.63) is 71.3 Å². The van der Waals surface area contributed by atoms with Gasteiger partial charge >= 0.3 is 0 Å². The van der Waals surface area contributed by atoms with E-state index in [1.807, 2.05) is 35.0 Å². The average molecular weight is 411 g/mol. The SMILES string of the molecule is Cc1cccc(CN2CCN(C(=O)CN(C)C(=S)NCc3ccccc3)CC2)c1. The number of likely N-dealkylation sites (N-methyl/N-ethyl adjacent to an activating group) is 1. The topological polar surface area (TPSA) is 38.8 Å². The molecule has 1 heterocycles. The molecule has 29 heavy (non-hydrogen) atoms. The molecule has 0 aromatic heterocycles. The van der Waals surface area contributed by atoms with Crippen LogP contribution in [0.1, 0.15) is 16.7 Å². The van der Waals surface area contributed by atoms with Gasteiger partial charge in [-0.3, -0.25) is 9.69 Å². The van der Waals surface area contributed by atoms with Crippen molar-refractivity contribution in [1.29, 1.82) is 0 Å². The van der Waals surface area contributed by atoms with Crippen molar-refractivity contribution in [2.24, 2.45) is 0 Å². The van der Waals surface area contributed by atoms with Crippen LogP contribution in [0.3, 0.4) is 0 Å². The Balaban J connectivity index is 1.40. The minimum Gasteiger partial charge on any atom is -0.358 e. The van der Waals surface area contributed by atoms with Gasteiger partial charge in [0.2, 0.25) is 5.91 Å². The standard InChI is InChI=1S/C23H30N4OS/c1-19-7-6-10-21(15-19)17-26-11-13-27(14-12-26)22(28)18-25(2)23(29)24-16-20-8-4-3-5-9-20/h3-10,15H,11-14,16-18H2,1-2H3,(H,24,29). The van der Waals surface area contributed by atoms with Crippen LogP contribution >= 0.6 is 12.2 Å². The number of carbonyl (C=O) groups is 1. The molecule has 0 spiro atoms. The molecular weight excluding hydrogens is 380 g/mol. The van der Waals surface area contributed by atoms with Crippen molar-refractivity contribution < 1.29 is 4.79 Å². The van der Waals surface area contributed by atoms with Crippen LogP contribution in [0.4, 0.5) is 0 Å². The quantitative estimate of drug-likeness (QED) is 0.742. The number of aryl methyl sites for hydroxylation is 1. The fourth-order valence-corrected chi connectivity index (χ4v) is 3.64. The second-order valence-electron chi connectivity index (χ2n) is 7.65. The average Bonchev–Trinajstić information content (AvgIpc) is 2.73. The zero-order valence-electron chi connectivity index (χ0n) is 17.3. The van der Waals surface area contributed by atoms with Crippen molar-refractivity contribution in [2.75, 3.05) is 39.8 Å². The molecule has 0 unspecified atom stereocenters. The van der Waals surface area contributed by atoms with Crippen LogP contribution < -0.4 is 5.32 Å². The number of piperazine rings is 1. The molecule has 2 aromatic carbocycles. The molecular formula is C23H30N4OS. The van der Waals surface area contributed by atoms with E-state index in [-0.39, 0.29) is 5.91 Å². The summed E-state index contributed by atoms with van der Waals surface area (Å²) in [5.41, 5.74) is 3.79. The number of nitrogens with one attached hydrogen (secondary N) is 1. The second-order valence-corrected chi connectivity index (χ2v) is 8.03. The number of nitrogens with zero attached hydrogens (tertiary/aromatic N) is 3. The van der Waals surface area contributed by atoms with Gasteiger partial charge in [0.25, 0.3) is 0 Å². The maximum atomic E-state index is 12.7. The molecule has 154 valence electrons. The van der Waals surface area contributed by atoms with Crippen molar-refractivity contribution in [1.82, 2.24) is 20.0 Å². The highest BCUT2D eigenvalue weighted by molar-refractivity contribution is 7.80. The van der Waals surface area contributed by atoms with Gasteiger partial charge in [0.15, 0.2) is 5.11 Å². The third kappa shape index (κ3) is 6.54. The van der Waals surface area contributed by atoms with E-state index < -0.39 is 0 Å². The van der Waals surface area contributed by atoms with Crippen LogP contribution in [0.2, 0.25) is 0 Å². The van der Waals surface area contributed by atoms with Crippen LogP contribution in [-0.2, 0) is 17.9 Å². The number of hydrogen-bond acceptors (Lipinski definition) is 3. The second kappa shape index (κ2) is 10.4. The molecule has 0 atom stereocenters. The van der Waals surface area contributed by atoms with Gasteiger partial charge in [-0.1, -0.05) is 60.2 Å². The fourth-order valence-electron chi connectivity index (χ4n) is 3.51. The Morgan fingerprint density at radius 3 is 2.41 bits per heavy atom. The normalized spacial score (nSPS) is 14.5. The monoisotopic (exact) mass is 410 g/mol. The highest BCUT2D eigenvalue weighted by Crippen LogP contribution is 2.11. The minimum absolute atomic E-state index is 0.131. The molecule has 1 fully saturated rings. The van der Waals surface area contributed by atoms with Gasteiger partial charge in [0.05, 0.1) is 6.54 Å². The Hall–Kier alpha value is -2.44. The van der Waals surface area contributed by atoms with E-state index in [0.29, 0.717) is 18.2 Å². The molecule has 2 aromatic rings. The predicted octanol–water partition coefficient (Wildman–Crippen LogP) is 2.65. The van der Waals surface area contributed by atoms with Crippen molar-refractivity contribution in [2.45, 2.75) is 20.0 Å². The van der Waals surface area contributed by atoms with E-state index in [0.717, 1.165) is 32.7 Å². The summed E-state index contributed by atoms with van der Waals surface area (Å²) in [4.78, 5) is 18.9. The first-order valence-electron chi connectivity index (χ1n) is 10.1. The van der Waals surface area contributed by atoms with Crippen LogP contribution in [0.25, 0.3) is 0 Å². The van der Waals surface area contributed by atoms with E-state index in [1.165, 1.54) is 16.7 Å². The molecule has 1 N–H and O–H groups in total. The third-order valence-corrected chi connectivity index (χ3v) is 5.68. The van der Waals surface area contributed by atoms with Gasteiger partial charge in [-0.05, 0) is 30.3 Å². The lowest BCUT2D eigenvalue weighted by molar-refractivity contribution is -0.133. The molecule has 3 rings (SSSR count). The van der Waals surface area contributed by atoms with E-state index in [1.54, 1.807) is 0 Å². The molecule has 5 nitrogen and oxygen atoms in total. The summed E-state index contributed by atoms with van der Waals surface area (Å²) in [6.45, 7) is 7.37. The first kappa shape index (κ1) is 21.3. The highest BCUT2D eigenvalue weighted by Gasteiger charge is 2.22. The van der Waals surface area contributed by atoms with Crippen molar-refractivity contribution in [3.63, 3.8) is 0 Å². The van der Waals surface area contributed by atoms with Gasteiger partial charge in [-0.2, -0.15) is 0 Å². The van der Waals surface area contributed by atoms with E-state index in [4.69, 9.17) is 12.2 Å². The Labute approximate surface area is 179 Å². The summed E-state index contributed by atoms with van der Waals surface area (Å²) >= 11 is 5.43. The van der Waals surface area contributed by atoms with Crippen molar-refractivity contribution >= 4 is 23.2 Å². The minimum atomic E-state index is 0.131. The van der Waals surface area contributed by atoms with Gasteiger partial charge < -0.3 is 15.1 Å². The van der Waals surface area contributed by atoms with E-state index in [2.05, 4.69) is 53.5 Å². The number of thiocarbonyl (C=S) groups is 1. The van der Waals surface area contributed by atoms with Crippen molar-refractivity contribution in [3.8, 4) is 0 Å². The molecule has 0 saturated carbocycles. The van der Waals surface area contributed by atoms with Gasteiger partial charge in [0, 0.05) is 46.3 Å². The smallest absolute Gasteiger partial charge is 0.242 e. The summed E-state index contributed by atoms with van der Waals surface area (Å²) in [6.07, 6.45) is 0. The first-order chi connectivity index (χ1) is 14.0. The largest absolute Gasteiger partial charge is 0.358 e. The molecule has 0 aliphatic carbocycles. The Morgan fingerprint density at radius 2 is 1.72 bits per heavy atom. The molecule has 1 amide bonds. The first-order valence-corrected chi connectivity index (χ1v) is 10.5. The lowest BCUT2D eigenvalue weighted by Crippen LogP contribution is -2.51. The Kier molecular flexibility index (Phi) is 7.61. The number of amides is 1. The lowest BCUT2D eigenvalue weighted by Gasteiger charge is -2.35. The van der Waals surface area contributed by atoms with Crippen LogP contribution in [0.15, 0.2) is 54.6 Å². The fraction of sp³-hybridized carbons (Fsp3) is 0.391. The maximum absolute atomic E-state index is 12.7. The zero-order valence-corrected chi connectivity index (χ0v) is 18.1. The summed E-state index contributed by atoms with van der Waals surface area (Å²) in [5.74, 6) is 0.131. The number of benzene rings is 2. The lowest BCUT2D eigenvalue weighted by atomic mass is 10.1. The third-order valence-electron chi connectivity index (χ3n) is 5.22. The highest BCUT2D eigenvalue weighted by atomic mass is 32.1. The van der Waals surface area contributed by atoms with E-state index >= 15 is 0 Å². The molecule has 6 heteroatoms. The predicted molar refractivity (Wildman–Crippen MR) is 122 cm³/mol. The maximum Gasteiger partial charge on any atom is 0.242 e. The Bertz CT molecular complexity index is 819. The summed E-state index contributed by atoms with van der Waals surface area (Å²) in [7, 11) is 1.87. The summed E-state index contributed by atoms with van der Waals surface area (Å²) in [6, 6.07) is 18.7. The molecule has 0 radical (unpaired) electrons. The van der Waals surface area contributed by atoms with Gasteiger partial charge in [0.1, 0.15) is 0 Å². The van der Waals surface area contributed by atoms with Gasteiger partial charge in [-0.25, -0.2) is 0 Å². The van der Waals surface area contributed by atoms with Gasteiger partial charge in [-0.15, -0.1) is 0 Å². The Morgan fingerprint density at radius 1 is 1.03 bits per heavy atom. The molecule has 1 aliphatic rings. The number of rotatable bonds is 6. The van der Waals surface area contributed by atoms with Crippen LogP contribution in [-0.4, -0.2) is 65.5 Å². The van der Waals surface area contributed by atoms with Crippen LogP contribution in [0.5, 0.6) is 0 Å². The van der Waals surface area contributed by atoms with E-state index in [9.17, 15) is 4.79 Å². The molecule has 0 bridgehead atoms. The summed E-state index contributed by atoms with van der Waals surface area (Å²) in [5, 5.41) is 3.82. The zero-order chi connectivity index (χ0) is 20.6. The van der Waals surface area contributed by atoms with Crippen LogP contribution in [0, 0.1) is 6.92 Å². The molecule has 1 saturated heterocycles.